The Balaban J connectivity index is 1.33. The van der Waals surface area contributed by atoms with Crippen LogP contribution < -0.4 is 0 Å². The van der Waals surface area contributed by atoms with Gasteiger partial charge < -0.3 is 4.90 Å². The Morgan fingerprint density at radius 2 is 2.12 bits per heavy atom. The fraction of sp³-hybridized carbons (Fsp3) is 0.389. The zero-order chi connectivity index (χ0) is 17.0. The number of nitrogens with zero attached hydrogens (tertiary/aromatic N) is 4. The SMILES string of the molecule is O=C(c1cc2cc(F)ccc2s1)N1CCC(n2cc(C3CC3)nn2)C1. The Bertz CT molecular complexity index is 961. The quantitative estimate of drug-likeness (QED) is 0.720. The summed E-state index contributed by atoms with van der Waals surface area (Å²) >= 11 is 1.42. The molecule has 0 bridgehead atoms. The van der Waals surface area contributed by atoms with Gasteiger partial charge in [0.05, 0.1) is 16.6 Å². The largest absolute Gasteiger partial charge is 0.336 e. The summed E-state index contributed by atoms with van der Waals surface area (Å²) in [6.45, 7) is 1.36. The van der Waals surface area contributed by atoms with Crippen LogP contribution in [0, 0.1) is 5.82 Å². The zero-order valence-electron chi connectivity index (χ0n) is 13.6. The van der Waals surface area contributed by atoms with E-state index in [4.69, 9.17) is 0 Å². The fourth-order valence-electron chi connectivity index (χ4n) is 3.45. The number of rotatable bonds is 3. The molecule has 0 spiro atoms. The average molecular weight is 356 g/mol. The highest BCUT2D eigenvalue weighted by molar-refractivity contribution is 7.20. The molecule has 25 heavy (non-hydrogen) atoms. The monoisotopic (exact) mass is 356 g/mol. The molecule has 5 nitrogen and oxygen atoms in total. The van der Waals surface area contributed by atoms with E-state index in [1.807, 2.05) is 15.8 Å². The molecular weight excluding hydrogens is 339 g/mol. The molecule has 2 aromatic heterocycles. The van der Waals surface area contributed by atoms with Gasteiger partial charge in [-0.1, -0.05) is 5.21 Å². The Kier molecular flexibility index (Phi) is 3.38. The molecule has 0 radical (unpaired) electrons. The summed E-state index contributed by atoms with van der Waals surface area (Å²) in [7, 11) is 0. The predicted octanol–water partition coefficient (Wildman–Crippen LogP) is 3.60. The first kappa shape index (κ1) is 15.0. The number of carbonyl (C=O) groups excluding carboxylic acids is 1. The van der Waals surface area contributed by atoms with E-state index in [2.05, 4.69) is 10.3 Å². The van der Waals surface area contributed by atoms with Gasteiger partial charge in [-0.25, -0.2) is 9.07 Å². The summed E-state index contributed by atoms with van der Waals surface area (Å²) in [5.41, 5.74) is 1.08. The van der Waals surface area contributed by atoms with Crippen LogP contribution in [-0.4, -0.2) is 38.9 Å². The number of amides is 1. The number of benzene rings is 1. The third kappa shape index (κ3) is 2.72. The second-order valence-electron chi connectivity index (χ2n) is 6.88. The lowest BCUT2D eigenvalue weighted by molar-refractivity contribution is 0.0792. The van der Waals surface area contributed by atoms with Gasteiger partial charge in [0.1, 0.15) is 5.82 Å². The van der Waals surface area contributed by atoms with Crippen molar-refractivity contribution in [3.8, 4) is 0 Å². The molecular formula is C18H17FN4OS. The first-order valence-electron chi connectivity index (χ1n) is 8.57. The molecule has 7 heteroatoms. The second-order valence-corrected chi connectivity index (χ2v) is 7.97. The molecule has 1 aromatic carbocycles. The van der Waals surface area contributed by atoms with Crippen molar-refractivity contribution >= 4 is 27.3 Å². The van der Waals surface area contributed by atoms with E-state index < -0.39 is 0 Å². The highest BCUT2D eigenvalue weighted by Gasteiger charge is 2.32. The van der Waals surface area contributed by atoms with Crippen molar-refractivity contribution in [2.24, 2.45) is 0 Å². The van der Waals surface area contributed by atoms with E-state index in [0.29, 0.717) is 23.9 Å². The maximum atomic E-state index is 13.3. The van der Waals surface area contributed by atoms with Gasteiger partial charge in [-0.3, -0.25) is 4.79 Å². The van der Waals surface area contributed by atoms with Crippen LogP contribution in [0.2, 0.25) is 0 Å². The van der Waals surface area contributed by atoms with Crippen molar-refractivity contribution in [2.75, 3.05) is 13.1 Å². The molecule has 0 N–H and O–H groups in total. The third-order valence-corrected chi connectivity index (χ3v) is 6.14. The highest BCUT2D eigenvalue weighted by atomic mass is 32.1. The molecule has 3 aromatic rings. The first-order valence-corrected chi connectivity index (χ1v) is 9.39. The van der Waals surface area contributed by atoms with Gasteiger partial charge >= 0.3 is 0 Å². The van der Waals surface area contributed by atoms with Crippen molar-refractivity contribution in [1.29, 1.82) is 0 Å². The lowest BCUT2D eigenvalue weighted by Gasteiger charge is -2.15. The smallest absolute Gasteiger partial charge is 0.264 e. The maximum absolute atomic E-state index is 13.3. The van der Waals surface area contributed by atoms with E-state index in [0.717, 1.165) is 22.2 Å². The van der Waals surface area contributed by atoms with Gasteiger partial charge in [0, 0.05) is 29.9 Å². The molecule has 1 aliphatic heterocycles. The van der Waals surface area contributed by atoms with Crippen molar-refractivity contribution in [1.82, 2.24) is 19.9 Å². The maximum Gasteiger partial charge on any atom is 0.264 e. The zero-order valence-corrected chi connectivity index (χ0v) is 14.4. The number of hydrogen-bond donors (Lipinski definition) is 0. The molecule has 1 amide bonds. The van der Waals surface area contributed by atoms with Crippen LogP contribution in [0.15, 0.2) is 30.5 Å². The molecule has 1 saturated carbocycles. The number of aromatic nitrogens is 3. The molecule has 2 fully saturated rings. The van der Waals surface area contributed by atoms with E-state index in [1.165, 1.54) is 36.3 Å². The van der Waals surface area contributed by atoms with Gasteiger partial charge in [0.15, 0.2) is 0 Å². The fourth-order valence-corrected chi connectivity index (χ4v) is 4.46. The number of thiophene rings is 1. The van der Waals surface area contributed by atoms with Gasteiger partial charge in [-0.15, -0.1) is 16.4 Å². The van der Waals surface area contributed by atoms with Crippen molar-refractivity contribution in [3.05, 3.63) is 46.9 Å². The Labute approximate surface area is 148 Å². The first-order chi connectivity index (χ1) is 12.2. The van der Waals surface area contributed by atoms with Crippen LogP contribution in [-0.2, 0) is 0 Å². The lowest BCUT2D eigenvalue weighted by atomic mass is 10.2. The van der Waals surface area contributed by atoms with Gasteiger partial charge in [-0.2, -0.15) is 0 Å². The van der Waals surface area contributed by atoms with Crippen LogP contribution >= 0.6 is 11.3 Å². The number of carbonyl (C=O) groups is 1. The molecule has 5 rings (SSSR count). The summed E-state index contributed by atoms with van der Waals surface area (Å²) in [6, 6.07) is 6.62. The Morgan fingerprint density at radius 1 is 1.24 bits per heavy atom. The molecule has 2 aliphatic rings. The topological polar surface area (TPSA) is 51.0 Å². The average Bonchev–Trinajstić information content (AvgIpc) is 3.05. The van der Waals surface area contributed by atoms with Gasteiger partial charge in [0.2, 0.25) is 0 Å². The number of hydrogen-bond acceptors (Lipinski definition) is 4. The van der Waals surface area contributed by atoms with E-state index in [1.54, 1.807) is 12.1 Å². The Hall–Kier alpha value is -2.28. The lowest BCUT2D eigenvalue weighted by Crippen LogP contribution is -2.28. The summed E-state index contributed by atoms with van der Waals surface area (Å²) in [5, 5.41) is 9.31. The molecule has 1 aliphatic carbocycles. The third-order valence-electron chi connectivity index (χ3n) is 5.04. The molecule has 1 atom stereocenters. The van der Waals surface area contributed by atoms with Crippen LogP contribution in [0.4, 0.5) is 4.39 Å². The summed E-state index contributed by atoms with van der Waals surface area (Å²) in [6.07, 6.45) is 5.35. The Morgan fingerprint density at radius 3 is 2.96 bits per heavy atom. The molecule has 1 saturated heterocycles. The minimum Gasteiger partial charge on any atom is -0.336 e. The van der Waals surface area contributed by atoms with Gasteiger partial charge in [0.25, 0.3) is 5.91 Å². The van der Waals surface area contributed by atoms with Crippen molar-refractivity contribution in [3.63, 3.8) is 0 Å². The number of fused-ring (bicyclic) bond motifs is 1. The summed E-state index contributed by atoms with van der Waals surface area (Å²) in [4.78, 5) is 15.3. The van der Waals surface area contributed by atoms with E-state index in [-0.39, 0.29) is 17.8 Å². The normalized spacial score (nSPS) is 20.5. The standard InChI is InChI=1S/C18H17FN4OS/c19-13-3-4-16-12(7-13)8-17(25-16)18(24)22-6-5-14(9-22)23-10-15(20-21-23)11-1-2-11/h3-4,7-8,10-11,14H,1-2,5-6,9H2. The van der Waals surface area contributed by atoms with Crippen LogP contribution in [0.1, 0.15) is 46.6 Å². The van der Waals surface area contributed by atoms with Crippen LogP contribution in [0.3, 0.4) is 0 Å². The minimum atomic E-state index is -0.275. The molecule has 3 heterocycles. The van der Waals surface area contributed by atoms with Crippen LogP contribution in [0.5, 0.6) is 0 Å². The van der Waals surface area contributed by atoms with E-state index in [9.17, 15) is 9.18 Å². The number of halogens is 1. The van der Waals surface area contributed by atoms with Crippen molar-refractivity contribution in [2.45, 2.75) is 31.2 Å². The predicted molar refractivity (Wildman–Crippen MR) is 93.3 cm³/mol. The van der Waals surface area contributed by atoms with E-state index >= 15 is 0 Å². The molecule has 128 valence electrons. The minimum absolute atomic E-state index is 0.0200. The highest BCUT2D eigenvalue weighted by Crippen LogP contribution is 2.39. The summed E-state index contributed by atoms with van der Waals surface area (Å²) in [5.74, 6) is 0.335. The number of likely N-dealkylation sites (tertiary alicyclic amines) is 1. The summed E-state index contributed by atoms with van der Waals surface area (Å²) < 4.78 is 16.2. The van der Waals surface area contributed by atoms with Crippen LogP contribution in [0.25, 0.3) is 10.1 Å². The second kappa shape index (κ2) is 5.62. The van der Waals surface area contributed by atoms with Gasteiger partial charge in [-0.05, 0) is 48.9 Å². The molecule has 1 unspecified atom stereocenters. The van der Waals surface area contributed by atoms with Crippen molar-refractivity contribution < 1.29 is 9.18 Å².